The molecule has 2 heterocycles. The normalized spacial score (nSPS) is 24.9. The molecule has 1 aromatic rings. The van der Waals surface area contributed by atoms with Gasteiger partial charge < -0.3 is 25.0 Å². The maximum atomic E-state index is 11.2. The summed E-state index contributed by atoms with van der Waals surface area (Å²) in [5.74, 6) is -1.03. The zero-order valence-corrected chi connectivity index (χ0v) is 14.3. The maximum Gasteiger partial charge on any atom is 0.355 e. The number of aliphatic hydroxyl groups is 2. The number of aromatic carboxylic acids is 1. The predicted molar refractivity (Wildman–Crippen MR) is 87.3 cm³/mol. The molecule has 2 atom stereocenters. The predicted octanol–water partition coefficient (Wildman–Crippen LogP) is 1.13. The van der Waals surface area contributed by atoms with Crippen molar-refractivity contribution in [1.82, 2.24) is 4.98 Å². The van der Waals surface area contributed by atoms with E-state index < -0.39 is 17.5 Å². The van der Waals surface area contributed by atoms with E-state index in [2.05, 4.69) is 4.98 Å². The maximum absolute atomic E-state index is 11.2. The molecule has 130 valence electrons. The first kappa shape index (κ1) is 18.1. The Bertz CT molecular complexity index is 550. The van der Waals surface area contributed by atoms with E-state index >= 15 is 0 Å². The highest BCUT2D eigenvalue weighted by Gasteiger charge is 2.42. The molecule has 1 aliphatic rings. The third-order valence-electron chi connectivity index (χ3n) is 4.48. The van der Waals surface area contributed by atoms with Crippen LogP contribution in [0, 0.1) is 12.3 Å². The molecule has 7 nitrogen and oxygen atoms in total. The Morgan fingerprint density at radius 3 is 2.87 bits per heavy atom. The standard InChI is InChI=1S/C15H24N2O5S/c1-10-12(13(20)21)16-14(23-10)17-6-4-11(19)15(8-17,9-18)5-3-7-22-2/h11,18-19H,3-9H2,1-2H3,(H,20,21)/t11-,15+/m1/s1. The monoisotopic (exact) mass is 344 g/mol. The van der Waals surface area contributed by atoms with E-state index in [1.165, 1.54) is 11.3 Å². The molecule has 3 N–H and O–H groups in total. The van der Waals surface area contributed by atoms with Crippen LogP contribution in [0.15, 0.2) is 0 Å². The van der Waals surface area contributed by atoms with Crippen molar-refractivity contribution in [3.8, 4) is 0 Å². The van der Waals surface area contributed by atoms with Crippen LogP contribution in [-0.4, -0.2) is 65.8 Å². The van der Waals surface area contributed by atoms with Gasteiger partial charge in [-0.15, -0.1) is 11.3 Å². The molecule has 8 heteroatoms. The zero-order valence-electron chi connectivity index (χ0n) is 13.5. The number of carboxylic acids is 1. The van der Waals surface area contributed by atoms with Crippen LogP contribution < -0.4 is 4.90 Å². The molecule has 0 saturated carbocycles. The Morgan fingerprint density at radius 2 is 2.30 bits per heavy atom. The van der Waals surface area contributed by atoms with Gasteiger partial charge in [0.1, 0.15) is 0 Å². The average molecular weight is 344 g/mol. The summed E-state index contributed by atoms with van der Waals surface area (Å²) < 4.78 is 5.06. The first-order valence-corrected chi connectivity index (χ1v) is 8.48. The summed E-state index contributed by atoms with van der Waals surface area (Å²) in [6.07, 6.45) is 1.33. The Kier molecular flexibility index (Phi) is 5.96. The van der Waals surface area contributed by atoms with Crippen LogP contribution in [0.3, 0.4) is 0 Å². The third kappa shape index (κ3) is 3.82. The molecular formula is C15H24N2O5S. The summed E-state index contributed by atoms with van der Waals surface area (Å²) in [5.41, 5.74) is -0.551. The fraction of sp³-hybridized carbons (Fsp3) is 0.733. The van der Waals surface area contributed by atoms with Gasteiger partial charge in [-0.3, -0.25) is 0 Å². The van der Waals surface area contributed by atoms with Crippen molar-refractivity contribution in [3.05, 3.63) is 10.6 Å². The van der Waals surface area contributed by atoms with Crippen molar-refractivity contribution in [2.75, 3.05) is 38.3 Å². The van der Waals surface area contributed by atoms with Gasteiger partial charge in [0.2, 0.25) is 0 Å². The summed E-state index contributed by atoms with van der Waals surface area (Å²) in [6.45, 7) is 3.25. The number of aliphatic hydroxyl groups excluding tert-OH is 2. The van der Waals surface area contributed by atoms with E-state index in [0.29, 0.717) is 42.5 Å². The van der Waals surface area contributed by atoms with Crippen molar-refractivity contribution >= 4 is 22.4 Å². The number of aryl methyl sites for hydroxylation is 1. The van der Waals surface area contributed by atoms with Crippen LogP contribution in [0.5, 0.6) is 0 Å². The number of piperidine rings is 1. The highest BCUT2D eigenvalue weighted by atomic mass is 32.1. The number of carboxylic acid groups (broad SMARTS) is 1. The fourth-order valence-corrected chi connectivity index (χ4v) is 4.00. The molecule has 1 fully saturated rings. The number of aromatic nitrogens is 1. The second-order valence-electron chi connectivity index (χ2n) is 6.05. The molecule has 1 saturated heterocycles. The molecule has 0 aliphatic carbocycles. The fourth-order valence-electron chi connectivity index (χ4n) is 3.08. The molecule has 1 aliphatic heterocycles. The van der Waals surface area contributed by atoms with Gasteiger partial charge in [-0.25, -0.2) is 9.78 Å². The number of nitrogens with zero attached hydrogens (tertiary/aromatic N) is 2. The zero-order chi connectivity index (χ0) is 17.0. The smallest absolute Gasteiger partial charge is 0.355 e. The van der Waals surface area contributed by atoms with Crippen LogP contribution in [-0.2, 0) is 4.74 Å². The van der Waals surface area contributed by atoms with E-state index in [0.717, 1.165) is 6.42 Å². The van der Waals surface area contributed by atoms with E-state index in [9.17, 15) is 15.0 Å². The molecule has 0 radical (unpaired) electrons. The Hall–Kier alpha value is -1.22. The van der Waals surface area contributed by atoms with E-state index in [1.807, 2.05) is 4.90 Å². The minimum Gasteiger partial charge on any atom is -0.476 e. The van der Waals surface area contributed by atoms with Crippen LogP contribution >= 0.6 is 11.3 Å². The molecule has 23 heavy (non-hydrogen) atoms. The SMILES string of the molecule is COCCC[C@@]1(CO)CN(c2nc(C(=O)O)c(C)s2)CC[C@H]1O. The topological polar surface area (TPSA) is 103 Å². The first-order valence-electron chi connectivity index (χ1n) is 7.67. The number of anilines is 1. The van der Waals surface area contributed by atoms with Crippen LogP contribution in [0.4, 0.5) is 5.13 Å². The van der Waals surface area contributed by atoms with Crippen LogP contribution in [0.1, 0.15) is 34.6 Å². The largest absolute Gasteiger partial charge is 0.476 e. The van der Waals surface area contributed by atoms with Gasteiger partial charge in [0.05, 0.1) is 12.7 Å². The lowest BCUT2D eigenvalue weighted by molar-refractivity contribution is -0.0386. The second-order valence-corrected chi connectivity index (χ2v) is 7.23. The summed E-state index contributed by atoms with van der Waals surface area (Å²) in [4.78, 5) is 18.0. The van der Waals surface area contributed by atoms with Crippen LogP contribution in [0.25, 0.3) is 0 Å². The Balaban J connectivity index is 2.18. The first-order chi connectivity index (χ1) is 10.9. The lowest BCUT2D eigenvalue weighted by Crippen LogP contribution is -2.54. The molecular weight excluding hydrogens is 320 g/mol. The van der Waals surface area contributed by atoms with E-state index in [1.54, 1.807) is 14.0 Å². The van der Waals surface area contributed by atoms with Gasteiger partial charge in [0.15, 0.2) is 10.8 Å². The van der Waals surface area contributed by atoms with E-state index in [-0.39, 0.29) is 12.3 Å². The Morgan fingerprint density at radius 1 is 1.57 bits per heavy atom. The number of methoxy groups -OCH3 is 1. The molecule has 0 unspecified atom stereocenters. The van der Waals surface area contributed by atoms with Gasteiger partial charge in [0.25, 0.3) is 0 Å². The van der Waals surface area contributed by atoms with Gasteiger partial charge in [0, 0.05) is 37.1 Å². The van der Waals surface area contributed by atoms with Gasteiger partial charge in [-0.1, -0.05) is 0 Å². The number of ether oxygens (including phenoxy) is 1. The summed E-state index contributed by atoms with van der Waals surface area (Å²) in [5, 5.41) is 30.1. The molecule has 0 spiro atoms. The van der Waals surface area contributed by atoms with Crippen molar-refractivity contribution in [1.29, 1.82) is 0 Å². The highest BCUT2D eigenvalue weighted by molar-refractivity contribution is 7.15. The number of hydrogen-bond donors (Lipinski definition) is 3. The summed E-state index contributed by atoms with van der Waals surface area (Å²) in [6, 6.07) is 0. The third-order valence-corrected chi connectivity index (χ3v) is 5.51. The Labute approximate surface area is 139 Å². The van der Waals surface area contributed by atoms with Gasteiger partial charge in [-0.05, 0) is 26.2 Å². The quantitative estimate of drug-likeness (QED) is 0.637. The summed E-state index contributed by atoms with van der Waals surface area (Å²) in [7, 11) is 1.63. The number of carbonyl (C=O) groups is 1. The number of hydrogen-bond acceptors (Lipinski definition) is 7. The molecule has 0 amide bonds. The van der Waals surface area contributed by atoms with Crippen LogP contribution in [0.2, 0.25) is 0 Å². The molecule has 1 aromatic heterocycles. The van der Waals surface area contributed by atoms with E-state index in [4.69, 9.17) is 9.84 Å². The van der Waals surface area contributed by atoms with Crippen molar-refractivity contribution in [2.45, 2.75) is 32.3 Å². The average Bonchev–Trinajstić information content (AvgIpc) is 2.91. The van der Waals surface area contributed by atoms with Gasteiger partial charge >= 0.3 is 5.97 Å². The lowest BCUT2D eigenvalue weighted by Gasteiger charge is -2.45. The van der Waals surface area contributed by atoms with Crippen molar-refractivity contribution < 1.29 is 24.9 Å². The molecule has 0 bridgehead atoms. The molecule has 2 rings (SSSR count). The summed E-state index contributed by atoms with van der Waals surface area (Å²) >= 11 is 1.34. The lowest BCUT2D eigenvalue weighted by atomic mass is 9.74. The second kappa shape index (κ2) is 7.57. The van der Waals surface area contributed by atoms with Crippen molar-refractivity contribution in [3.63, 3.8) is 0 Å². The number of thiazole rings is 1. The molecule has 0 aromatic carbocycles. The highest BCUT2D eigenvalue weighted by Crippen LogP contribution is 2.38. The minimum absolute atomic E-state index is 0.0742. The number of rotatable bonds is 7. The van der Waals surface area contributed by atoms with Crippen molar-refractivity contribution in [2.24, 2.45) is 5.41 Å². The minimum atomic E-state index is -1.03. The van der Waals surface area contributed by atoms with Gasteiger partial charge in [-0.2, -0.15) is 0 Å².